The molecule has 0 heterocycles. The molecule has 1 aliphatic rings. The average Bonchev–Trinajstić information content (AvgIpc) is 2.18. The standard InChI is InChI=1S/C10H18O/c1-7(2)6-9-4-5-10(11)8(9)3/h7-9H,4-6H2,1-3H3/t8-,9-/m1/s1. The second kappa shape index (κ2) is 3.38. The number of Topliss-reactive ketones (excluding diaryl/α,β-unsaturated/α-hetero) is 1. The van der Waals surface area contributed by atoms with Gasteiger partial charge in [0, 0.05) is 12.3 Å². The summed E-state index contributed by atoms with van der Waals surface area (Å²) in [6.07, 6.45) is 3.20. The smallest absolute Gasteiger partial charge is 0.135 e. The van der Waals surface area contributed by atoms with E-state index < -0.39 is 0 Å². The van der Waals surface area contributed by atoms with Crippen molar-refractivity contribution in [3.63, 3.8) is 0 Å². The van der Waals surface area contributed by atoms with Crippen LogP contribution < -0.4 is 0 Å². The van der Waals surface area contributed by atoms with E-state index in [1.54, 1.807) is 0 Å². The first kappa shape index (κ1) is 8.76. The van der Waals surface area contributed by atoms with E-state index in [1.165, 1.54) is 6.42 Å². The van der Waals surface area contributed by atoms with E-state index in [1.807, 2.05) is 0 Å². The first-order valence-electron chi connectivity index (χ1n) is 4.64. The van der Waals surface area contributed by atoms with Crippen LogP contribution in [-0.2, 0) is 4.79 Å². The van der Waals surface area contributed by atoms with E-state index in [-0.39, 0.29) is 0 Å². The molecule has 1 rings (SSSR count). The normalized spacial score (nSPS) is 31.8. The Hall–Kier alpha value is -0.330. The monoisotopic (exact) mass is 154 g/mol. The molecule has 11 heavy (non-hydrogen) atoms. The van der Waals surface area contributed by atoms with Crippen molar-refractivity contribution in [2.24, 2.45) is 17.8 Å². The van der Waals surface area contributed by atoms with Crippen LogP contribution in [0.5, 0.6) is 0 Å². The van der Waals surface area contributed by atoms with Gasteiger partial charge in [-0.25, -0.2) is 0 Å². The molecule has 0 aromatic heterocycles. The number of hydrogen-bond donors (Lipinski definition) is 0. The van der Waals surface area contributed by atoms with E-state index >= 15 is 0 Å². The summed E-state index contributed by atoms with van der Waals surface area (Å²) in [5.74, 6) is 2.25. The summed E-state index contributed by atoms with van der Waals surface area (Å²) < 4.78 is 0. The first-order chi connectivity index (χ1) is 5.11. The predicted octanol–water partition coefficient (Wildman–Crippen LogP) is 2.65. The van der Waals surface area contributed by atoms with Crippen molar-refractivity contribution in [1.82, 2.24) is 0 Å². The van der Waals surface area contributed by atoms with Crippen LogP contribution in [0.25, 0.3) is 0 Å². The van der Waals surface area contributed by atoms with Gasteiger partial charge in [-0.3, -0.25) is 4.79 Å². The summed E-state index contributed by atoms with van der Waals surface area (Å²) in [5, 5.41) is 0. The van der Waals surface area contributed by atoms with Gasteiger partial charge in [-0.05, 0) is 24.7 Å². The van der Waals surface area contributed by atoms with Crippen LogP contribution in [-0.4, -0.2) is 5.78 Å². The summed E-state index contributed by atoms with van der Waals surface area (Å²) in [6, 6.07) is 0. The molecule has 0 amide bonds. The molecule has 1 heteroatoms. The topological polar surface area (TPSA) is 17.1 Å². The number of hydrogen-bond acceptors (Lipinski definition) is 1. The minimum absolute atomic E-state index is 0.345. The Kier molecular flexibility index (Phi) is 2.69. The van der Waals surface area contributed by atoms with Gasteiger partial charge in [0.05, 0.1) is 0 Å². The van der Waals surface area contributed by atoms with Crippen molar-refractivity contribution in [3.8, 4) is 0 Å². The van der Waals surface area contributed by atoms with Gasteiger partial charge in [0.25, 0.3) is 0 Å². The third-order valence-corrected chi connectivity index (χ3v) is 2.75. The number of ketones is 1. The van der Waals surface area contributed by atoms with Crippen molar-refractivity contribution < 1.29 is 4.79 Å². The quantitative estimate of drug-likeness (QED) is 0.597. The van der Waals surface area contributed by atoms with Gasteiger partial charge in [0.15, 0.2) is 0 Å². The largest absolute Gasteiger partial charge is 0.299 e. The molecule has 0 spiro atoms. The zero-order valence-electron chi connectivity index (χ0n) is 7.76. The SMILES string of the molecule is CC(C)C[C@H]1CCC(=O)[C@@H]1C. The second-order valence-corrected chi connectivity index (χ2v) is 4.18. The molecule has 0 bridgehead atoms. The van der Waals surface area contributed by atoms with Gasteiger partial charge in [0.1, 0.15) is 5.78 Å². The second-order valence-electron chi connectivity index (χ2n) is 4.18. The fourth-order valence-corrected chi connectivity index (χ4v) is 2.00. The molecule has 1 aliphatic carbocycles. The third kappa shape index (κ3) is 2.05. The zero-order valence-corrected chi connectivity index (χ0v) is 7.76. The Morgan fingerprint density at radius 3 is 2.55 bits per heavy atom. The van der Waals surface area contributed by atoms with Crippen LogP contribution in [0.1, 0.15) is 40.0 Å². The number of rotatable bonds is 2. The molecule has 1 nitrogen and oxygen atoms in total. The van der Waals surface area contributed by atoms with Crippen LogP contribution in [0.2, 0.25) is 0 Å². The predicted molar refractivity (Wildman–Crippen MR) is 46.4 cm³/mol. The number of carbonyl (C=O) groups is 1. The van der Waals surface area contributed by atoms with Crippen LogP contribution >= 0.6 is 0 Å². The third-order valence-electron chi connectivity index (χ3n) is 2.75. The lowest BCUT2D eigenvalue weighted by atomic mass is 9.89. The molecule has 2 atom stereocenters. The maximum atomic E-state index is 11.2. The van der Waals surface area contributed by atoms with Gasteiger partial charge < -0.3 is 0 Å². The Balaban J connectivity index is 2.42. The highest BCUT2D eigenvalue weighted by molar-refractivity contribution is 5.82. The molecule has 64 valence electrons. The van der Waals surface area contributed by atoms with Crippen molar-refractivity contribution in [1.29, 1.82) is 0 Å². The van der Waals surface area contributed by atoms with Gasteiger partial charge in [-0.2, -0.15) is 0 Å². The maximum absolute atomic E-state index is 11.2. The molecular weight excluding hydrogens is 136 g/mol. The zero-order chi connectivity index (χ0) is 8.43. The van der Waals surface area contributed by atoms with E-state index in [2.05, 4.69) is 20.8 Å². The van der Waals surface area contributed by atoms with E-state index in [0.29, 0.717) is 17.6 Å². The van der Waals surface area contributed by atoms with Gasteiger partial charge >= 0.3 is 0 Å². The maximum Gasteiger partial charge on any atom is 0.135 e. The Morgan fingerprint density at radius 1 is 1.55 bits per heavy atom. The summed E-state index contributed by atoms with van der Waals surface area (Å²) in [5.41, 5.74) is 0. The van der Waals surface area contributed by atoms with Crippen molar-refractivity contribution in [2.75, 3.05) is 0 Å². The van der Waals surface area contributed by atoms with Crippen molar-refractivity contribution >= 4 is 5.78 Å². The van der Waals surface area contributed by atoms with E-state index in [9.17, 15) is 4.79 Å². The average molecular weight is 154 g/mol. The van der Waals surface area contributed by atoms with Crippen molar-refractivity contribution in [2.45, 2.75) is 40.0 Å². The van der Waals surface area contributed by atoms with Crippen LogP contribution in [0.4, 0.5) is 0 Å². The van der Waals surface area contributed by atoms with Gasteiger partial charge in [0.2, 0.25) is 0 Å². The summed E-state index contributed by atoms with van der Waals surface area (Å²) >= 11 is 0. The number of carbonyl (C=O) groups excluding carboxylic acids is 1. The summed E-state index contributed by atoms with van der Waals surface area (Å²) in [7, 11) is 0. The van der Waals surface area contributed by atoms with Crippen LogP contribution in [0.15, 0.2) is 0 Å². The Morgan fingerprint density at radius 2 is 2.18 bits per heavy atom. The van der Waals surface area contributed by atoms with E-state index in [0.717, 1.165) is 18.8 Å². The molecule has 0 aromatic carbocycles. The lowest BCUT2D eigenvalue weighted by molar-refractivity contribution is -0.120. The molecule has 0 N–H and O–H groups in total. The first-order valence-corrected chi connectivity index (χ1v) is 4.64. The fraction of sp³-hybridized carbons (Fsp3) is 0.900. The van der Waals surface area contributed by atoms with Gasteiger partial charge in [-0.15, -0.1) is 0 Å². The minimum Gasteiger partial charge on any atom is -0.299 e. The highest BCUT2D eigenvalue weighted by Crippen LogP contribution is 2.32. The Bertz CT molecular complexity index is 149. The molecule has 0 saturated heterocycles. The summed E-state index contributed by atoms with van der Waals surface area (Å²) in [4.78, 5) is 11.2. The minimum atomic E-state index is 0.345. The molecule has 1 fully saturated rings. The van der Waals surface area contributed by atoms with E-state index in [4.69, 9.17) is 0 Å². The Labute approximate surface area is 69.2 Å². The molecule has 0 aromatic rings. The highest BCUT2D eigenvalue weighted by Gasteiger charge is 2.30. The molecule has 0 aliphatic heterocycles. The van der Waals surface area contributed by atoms with Crippen molar-refractivity contribution in [3.05, 3.63) is 0 Å². The lowest BCUT2D eigenvalue weighted by Crippen LogP contribution is -2.12. The molecular formula is C10H18O. The molecule has 1 saturated carbocycles. The molecule has 0 radical (unpaired) electrons. The van der Waals surface area contributed by atoms with Gasteiger partial charge in [-0.1, -0.05) is 20.8 Å². The van der Waals surface area contributed by atoms with Crippen LogP contribution in [0, 0.1) is 17.8 Å². The molecule has 0 unspecified atom stereocenters. The van der Waals surface area contributed by atoms with Crippen LogP contribution in [0.3, 0.4) is 0 Å². The highest BCUT2D eigenvalue weighted by atomic mass is 16.1. The fourth-order valence-electron chi connectivity index (χ4n) is 2.00. The summed E-state index contributed by atoms with van der Waals surface area (Å²) in [6.45, 7) is 6.55. The lowest BCUT2D eigenvalue weighted by Gasteiger charge is -2.15.